The molecule has 0 aliphatic carbocycles. The van der Waals surface area contributed by atoms with Crippen molar-refractivity contribution in [3.63, 3.8) is 0 Å². The van der Waals surface area contributed by atoms with Crippen molar-refractivity contribution in [1.29, 1.82) is 0 Å². The average Bonchev–Trinajstić information content (AvgIpc) is 3.24. The largest absolute Gasteiger partial charge is 0.343 e. The van der Waals surface area contributed by atoms with Crippen LogP contribution in [-0.2, 0) is 0 Å². The van der Waals surface area contributed by atoms with Gasteiger partial charge in [-0.05, 0) is 30.7 Å². The minimum absolute atomic E-state index is 0.0387. The van der Waals surface area contributed by atoms with Crippen LogP contribution in [0.3, 0.4) is 0 Å². The Morgan fingerprint density at radius 1 is 1.27 bits per heavy atom. The minimum Gasteiger partial charge on any atom is -0.343 e. The Hall–Kier alpha value is -2.76. The fourth-order valence-electron chi connectivity index (χ4n) is 2.91. The van der Waals surface area contributed by atoms with Crippen LogP contribution in [0.1, 0.15) is 28.5 Å². The second-order valence-corrected chi connectivity index (χ2v) is 5.44. The molecule has 1 fully saturated rings. The molecule has 1 atom stereocenters. The van der Waals surface area contributed by atoms with Gasteiger partial charge in [-0.2, -0.15) is 4.98 Å². The smallest absolute Gasteiger partial charge is 0.253 e. The molecule has 22 heavy (non-hydrogen) atoms. The summed E-state index contributed by atoms with van der Waals surface area (Å²) in [5, 5.41) is 4.85. The number of hydrogen-bond donors (Lipinski definition) is 0. The number of amides is 1. The maximum absolute atomic E-state index is 12.6. The molecule has 6 nitrogen and oxygen atoms in total. The van der Waals surface area contributed by atoms with Gasteiger partial charge >= 0.3 is 0 Å². The Morgan fingerprint density at radius 2 is 2.23 bits per heavy atom. The van der Waals surface area contributed by atoms with Crippen molar-refractivity contribution in [2.75, 3.05) is 13.1 Å². The molecule has 0 bridgehead atoms. The number of benzene rings is 1. The van der Waals surface area contributed by atoms with E-state index in [0.29, 0.717) is 24.5 Å². The third-order valence-electron chi connectivity index (χ3n) is 4.07. The summed E-state index contributed by atoms with van der Waals surface area (Å²) in [7, 11) is 0. The lowest BCUT2D eigenvalue weighted by atomic mass is 10.1. The number of aromatic nitrogens is 3. The molecular weight excluding hydrogens is 280 g/mol. The van der Waals surface area contributed by atoms with Crippen LogP contribution in [0.5, 0.6) is 0 Å². The first-order valence-corrected chi connectivity index (χ1v) is 7.21. The molecule has 3 aromatic rings. The molecule has 0 spiro atoms. The Morgan fingerprint density at radius 3 is 3.09 bits per heavy atom. The molecule has 1 saturated heterocycles. The summed E-state index contributed by atoms with van der Waals surface area (Å²) in [5.74, 6) is 0.875. The first-order valence-electron chi connectivity index (χ1n) is 7.21. The molecule has 110 valence electrons. The molecule has 1 aliphatic heterocycles. The standard InChI is InChI=1S/C16H14N4O2/c21-16(12-3-4-14-11(8-12)2-1-6-17-14)20-7-5-13(9-20)15-18-10-22-19-15/h1-4,6,8,10,13H,5,7,9H2/t13-/m1/s1. The lowest BCUT2D eigenvalue weighted by Gasteiger charge is -2.16. The van der Waals surface area contributed by atoms with Crippen molar-refractivity contribution in [2.24, 2.45) is 0 Å². The highest BCUT2D eigenvalue weighted by atomic mass is 16.5. The molecule has 0 unspecified atom stereocenters. The van der Waals surface area contributed by atoms with Gasteiger partial charge in [0.25, 0.3) is 5.91 Å². The van der Waals surface area contributed by atoms with Crippen molar-refractivity contribution in [2.45, 2.75) is 12.3 Å². The van der Waals surface area contributed by atoms with E-state index in [4.69, 9.17) is 4.52 Å². The van der Waals surface area contributed by atoms with Crippen LogP contribution in [-0.4, -0.2) is 39.0 Å². The molecule has 1 aromatic carbocycles. The molecule has 0 saturated carbocycles. The molecule has 6 heteroatoms. The van der Waals surface area contributed by atoms with Gasteiger partial charge in [0.2, 0.25) is 6.39 Å². The Bertz CT molecular complexity index is 816. The minimum atomic E-state index is 0.0387. The van der Waals surface area contributed by atoms with Crippen molar-refractivity contribution in [3.8, 4) is 0 Å². The molecule has 4 rings (SSSR count). The number of nitrogens with zero attached hydrogens (tertiary/aromatic N) is 4. The summed E-state index contributed by atoms with van der Waals surface area (Å²) in [6, 6.07) is 9.45. The van der Waals surface area contributed by atoms with E-state index in [2.05, 4.69) is 15.1 Å². The second-order valence-electron chi connectivity index (χ2n) is 5.44. The van der Waals surface area contributed by atoms with E-state index < -0.39 is 0 Å². The lowest BCUT2D eigenvalue weighted by molar-refractivity contribution is 0.0790. The zero-order valence-corrected chi connectivity index (χ0v) is 11.8. The Balaban J connectivity index is 1.56. The number of carbonyl (C=O) groups excluding carboxylic acids is 1. The van der Waals surface area contributed by atoms with Crippen LogP contribution < -0.4 is 0 Å². The zero-order chi connectivity index (χ0) is 14.9. The van der Waals surface area contributed by atoms with Gasteiger partial charge in [-0.1, -0.05) is 11.2 Å². The highest BCUT2D eigenvalue weighted by Crippen LogP contribution is 2.26. The highest BCUT2D eigenvalue weighted by molar-refractivity contribution is 5.98. The summed E-state index contributed by atoms with van der Waals surface area (Å²) in [4.78, 5) is 22.8. The van der Waals surface area contributed by atoms with Crippen LogP contribution in [0.25, 0.3) is 10.9 Å². The van der Waals surface area contributed by atoms with Gasteiger partial charge < -0.3 is 9.42 Å². The molecule has 2 aromatic heterocycles. The van der Waals surface area contributed by atoms with Gasteiger partial charge in [-0.15, -0.1) is 0 Å². The van der Waals surface area contributed by atoms with E-state index in [1.807, 2.05) is 35.2 Å². The fourth-order valence-corrected chi connectivity index (χ4v) is 2.91. The fraction of sp³-hybridized carbons (Fsp3) is 0.250. The van der Waals surface area contributed by atoms with E-state index >= 15 is 0 Å². The number of pyridine rings is 1. The van der Waals surface area contributed by atoms with E-state index in [9.17, 15) is 4.79 Å². The molecule has 3 heterocycles. The van der Waals surface area contributed by atoms with Gasteiger partial charge in [0.1, 0.15) is 0 Å². The van der Waals surface area contributed by atoms with E-state index in [-0.39, 0.29) is 11.8 Å². The first-order chi connectivity index (χ1) is 10.8. The molecule has 1 amide bonds. The van der Waals surface area contributed by atoms with E-state index in [0.717, 1.165) is 17.3 Å². The number of likely N-dealkylation sites (tertiary alicyclic amines) is 1. The SMILES string of the molecule is O=C(c1ccc2ncccc2c1)N1CC[C@@H](c2ncon2)C1. The molecule has 0 radical (unpaired) electrons. The van der Waals surface area contributed by atoms with Crippen LogP contribution >= 0.6 is 0 Å². The topological polar surface area (TPSA) is 72.1 Å². The summed E-state index contributed by atoms with van der Waals surface area (Å²) in [5.41, 5.74) is 1.58. The van der Waals surface area contributed by atoms with Gasteiger partial charge in [-0.3, -0.25) is 9.78 Å². The summed E-state index contributed by atoms with van der Waals surface area (Å²) in [6.07, 6.45) is 3.94. The maximum Gasteiger partial charge on any atom is 0.253 e. The number of hydrogen-bond acceptors (Lipinski definition) is 5. The number of carbonyl (C=O) groups is 1. The molecule has 1 aliphatic rings. The van der Waals surface area contributed by atoms with Crippen molar-refractivity contribution < 1.29 is 9.32 Å². The third kappa shape index (κ3) is 2.22. The summed E-state index contributed by atoms with van der Waals surface area (Å²) >= 11 is 0. The lowest BCUT2D eigenvalue weighted by Crippen LogP contribution is -2.28. The summed E-state index contributed by atoms with van der Waals surface area (Å²) < 4.78 is 4.78. The van der Waals surface area contributed by atoms with Crippen LogP contribution in [0.15, 0.2) is 47.4 Å². The second kappa shape index (κ2) is 5.22. The van der Waals surface area contributed by atoms with Crippen molar-refractivity contribution in [1.82, 2.24) is 20.0 Å². The first kappa shape index (κ1) is 12.9. The van der Waals surface area contributed by atoms with E-state index in [1.54, 1.807) is 6.20 Å². The summed E-state index contributed by atoms with van der Waals surface area (Å²) in [6.45, 7) is 1.34. The number of fused-ring (bicyclic) bond motifs is 1. The Labute approximate surface area is 126 Å². The Kier molecular flexibility index (Phi) is 3.07. The predicted octanol–water partition coefficient (Wildman–Crippen LogP) is 2.25. The van der Waals surface area contributed by atoms with Crippen LogP contribution in [0.2, 0.25) is 0 Å². The average molecular weight is 294 g/mol. The quantitative estimate of drug-likeness (QED) is 0.725. The zero-order valence-electron chi connectivity index (χ0n) is 11.8. The molecule has 0 N–H and O–H groups in total. The van der Waals surface area contributed by atoms with Gasteiger partial charge in [0, 0.05) is 36.2 Å². The normalized spacial score (nSPS) is 18.0. The van der Waals surface area contributed by atoms with Gasteiger partial charge in [0.15, 0.2) is 5.82 Å². The number of rotatable bonds is 2. The predicted molar refractivity (Wildman–Crippen MR) is 79.3 cm³/mol. The van der Waals surface area contributed by atoms with Crippen molar-refractivity contribution in [3.05, 3.63) is 54.3 Å². The van der Waals surface area contributed by atoms with Crippen molar-refractivity contribution >= 4 is 16.8 Å². The monoisotopic (exact) mass is 294 g/mol. The van der Waals surface area contributed by atoms with Gasteiger partial charge in [0.05, 0.1) is 5.52 Å². The maximum atomic E-state index is 12.6. The molecular formula is C16H14N4O2. The van der Waals surface area contributed by atoms with E-state index in [1.165, 1.54) is 6.39 Å². The third-order valence-corrected chi connectivity index (χ3v) is 4.07. The highest BCUT2D eigenvalue weighted by Gasteiger charge is 2.30. The van der Waals surface area contributed by atoms with Gasteiger partial charge in [-0.25, -0.2) is 0 Å². The van der Waals surface area contributed by atoms with Crippen LogP contribution in [0, 0.1) is 0 Å². The van der Waals surface area contributed by atoms with Crippen LogP contribution in [0.4, 0.5) is 0 Å².